The normalized spacial score (nSPS) is 15.0. The summed E-state index contributed by atoms with van der Waals surface area (Å²) >= 11 is 0. The van der Waals surface area contributed by atoms with E-state index in [1.165, 1.54) is 0 Å². The third kappa shape index (κ3) is 7.15. The molecule has 230 valence electrons. The molecule has 2 N–H and O–H groups in total. The topological polar surface area (TPSA) is 75.3 Å². The zero-order valence-electron chi connectivity index (χ0n) is 27.7. The quantitative estimate of drug-likeness (QED) is 0.177. The molecule has 0 amide bonds. The van der Waals surface area contributed by atoms with Gasteiger partial charge in [0.05, 0.1) is 11.1 Å². The smallest absolute Gasteiger partial charge is 0.196 e. The standard InChI is InChI=1S/C37H54N2O3/c1-11-25(6)39-30-20-19-29(32-33(30)35(42)27-17-13-12-16-26(27)34(32)41)38-21-15-14-18-31(40)28(37(9,10)24(4)5)22-36(7,8)23(2)3/h12-13,16-17,19-20,23-25,28,38-39H,11,14-15,18,21-22H2,1-10H3. The third-order valence-corrected chi connectivity index (χ3v) is 10.3. The van der Waals surface area contributed by atoms with Gasteiger partial charge in [-0.05, 0) is 67.4 Å². The van der Waals surface area contributed by atoms with Gasteiger partial charge in [0.15, 0.2) is 11.6 Å². The number of carbonyl (C=O) groups excluding carboxylic acids is 3. The van der Waals surface area contributed by atoms with Crippen LogP contribution in [0, 0.1) is 28.6 Å². The zero-order chi connectivity index (χ0) is 31.4. The minimum Gasteiger partial charge on any atom is -0.384 e. The van der Waals surface area contributed by atoms with Gasteiger partial charge in [-0.3, -0.25) is 14.4 Å². The first-order valence-electron chi connectivity index (χ1n) is 16.0. The van der Waals surface area contributed by atoms with Gasteiger partial charge in [0.25, 0.3) is 0 Å². The van der Waals surface area contributed by atoms with Gasteiger partial charge in [0.2, 0.25) is 0 Å². The van der Waals surface area contributed by atoms with Crippen molar-refractivity contribution >= 4 is 28.7 Å². The Morgan fingerprint density at radius 3 is 1.86 bits per heavy atom. The van der Waals surface area contributed by atoms with Crippen LogP contribution in [0.5, 0.6) is 0 Å². The molecule has 5 nitrogen and oxygen atoms in total. The van der Waals surface area contributed by atoms with Gasteiger partial charge < -0.3 is 10.6 Å². The maximum Gasteiger partial charge on any atom is 0.196 e. The first-order valence-corrected chi connectivity index (χ1v) is 16.0. The van der Waals surface area contributed by atoms with Crippen LogP contribution in [-0.2, 0) is 4.79 Å². The number of fused-ring (bicyclic) bond motifs is 2. The number of Topliss-reactive ketones (excluding diaryl/α,β-unsaturated/α-hetero) is 1. The van der Waals surface area contributed by atoms with Crippen molar-refractivity contribution in [2.45, 2.75) is 107 Å². The lowest BCUT2D eigenvalue weighted by atomic mass is 9.61. The Morgan fingerprint density at radius 1 is 0.786 bits per heavy atom. The molecule has 2 aromatic carbocycles. The number of hydrogen-bond donors (Lipinski definition) is 2. The van der Waals surface area contributed by atoms with Crippen molar-refractivity contribution in [1.29, 1.82) is 0 Å². The number of hydrogen-bond acceptors (Lipinski definition) is 5. The Hall–Kier alpha value is -2.95. The first-order chi connectivity index (χ1) is 19.6. The minimum absolute atomic E-state index is 0.0177. The van der Waals surface area contributed by atoms with Crippen molar-refractivity contribution in [3.8, 4) is 0 Å². The summed E-state index contributed by atoms with van der Waals surface area (Å²) in [6.45, 7) is 22.8. The lowest BCUT2D eigenvalue weighted by Crippen LogP contribution is -2.39. The van der Waals surface area contributed by atoms with Crippen molar-refractivity contribution < 1.29 is 14.4 Å². The Bertz CT molecular complexity index is 1290. The average Bonchev–Trinajstić information content (AvgIpc) is 2.94. The fraction of sp³-hybridized carbons (Fsp3) is 0.595. The molecule has 2 atom stereocenters. The lowest BCUT2D eigenvalue weighted by Gasteiger charge is -2.42. The Morgan fingerprint density at radius 2 is 1.33 bits per heavy atom. The van der Waals surface area contributed by atoms with E-state index < -0.39 is 0 Å². The maximum absolute atomic E-state index is 13.7. The third-order valence-electron chi connectivity index (χ3n) is 10.3. The van der Waals surface area contributed by atoms with E-state index in [9.17, 15) is 14.4 Å². The number of unbranched alkanes of at least 4 members (excludes halogenated alkanes) is 1. The predicted molar refractivity (Wildman–Crippen MR) is 176 cm³/mol. The molecule has 2 unspecified atom stereocenters. The van der Waals surface area contributed by atoms with E-state index in [1.54, 1.807) is 24.3 Å². The number of anilines is 2. The summed E-state index contributed by atoms with van der Waals surface area (Å²) < 4.78 is 0. The summed E-state index contributed by atoms with van der Waals surface area (Å²) in [6, 6.07) is 11.1. The molecule has 1 aliphatic carbocycles. The van der Waals surface area contributed by atoms with Crippen molar-refractivity contribution in [3.05, 3.63) is 58.7 Å². The van der Waals surface area contributed by atoms with Crippen LogP contribution in [0.3, 0.4) is 0 Å². The molecule has 0 fully saturated rings. The van der Waals surface area contributed by atoms with E-state index in [1.807, 2.05) is 12.1 Å². The Labute approximate surface area is 254 Å². The molecular formula is C37H54N2O3. The molecule has 5 heteroatoms. The van der Waals surface area contributed by atoms with E-state index in [-0.39, 0.29) is 34.4 Å². The van der Waals surface area contributed by atoms with Crippen molar-refractivity contribution in [2.75, 3.05) is 17.2 Å². The van der Waals surface area contributed by atoms with Crippen molar-refractivity contribution in [1.82, 2.24) is 0 Å². The van der Waals surface area contributed by atoms with Gasteiger partial charge in [-0.15, -0.1) is 0 Å². The molecule has 3 rings (SSSR count). The molecule has 42 heavy (non-hydrogen) atoms. The first kappa shape index (κ1) is 33.6. The summed E-state index contributed by atoms with van der Waals surface area (Å²) in [5, 5.41) is 6.87. The summed E-state index contributed by atoms with van der Waals surface area (Å²) in [6.07, 6.45) is 3.93. The zero-order valence-corrected chi connectivity index (χ0v) is 27.7. The molecule has 2 aromatic rings. The van der Waals surface area contributed by atoms with E-state index >= 15 is 0 Å². The van der Waals surface area contributed by atoms with Crippen molar-refractivity contribution in [3.63, 3.8) is 0 Å². The van der Waals surface area contributed by atoms with Crippen LogP contribution in [0.25, 0.3) is 0 Å². The fourth-order valence-corrected chi connectivity index (χ4v) is 5.64. The highest BCUT2D eigenvalue weighted by Crippen LogP contribution is 2.45. The molecule has 0 spiro atoms. The highest BCUT2D eigenvalue weighted by Gasteiger charge is 2.41. The molecule has 0 aliphatic heterocycles. The number of rotatable bonds is 15. The van der Waals surface area contributed by atoms with Gasteiger partial charge >= 0.3 is 0 Å². The Balaban J connectivity index is 1.75. The molecule has 1 aliphatic rings. The molecule has 0 saturated carbocycles. The van der Waals surface area contributed by atoms with Crippen molar-refractivity contribution in [2.24, 2.45) is 28.6 Å². The summed E-state index contributed by atoms with van der Waals surface area (Å²) in [7, 11) is 0. The van der Waals surface area contributed by atoms with Crippen LogP contribution in [0.4, 0.5) is 11.4 Å². The van der Waals surface area contributed by atoms with Gasteiger partial charge in [0, 0.05) is 47.4 Å². The SMILES string of the molecule is CCC(C)Nc1ccc(NCCCCC(=O)C(CC(C)(C)C(C)C)C(C)(C)C(C)C)c2c1C(=O)c1ccccc1C2=O. The fourth-order valence-electron chi connectivity index (χ4n) is 5.64. The number of ketones is 3. The highest BCUT2D eigenvalue weighted by molar-refractivity contribution is 6.31. The average molecular weight is 575 g/mol. The molecule has 0 aromatic heterocycles. The van der Waals surface area contributed by atoms with Gasteiger partial charge in [-0.25, -0.2) is 0 Å². The predicted octanol–water partition coefficient (Wildman–Crippen LogP) is 9.19. The summed E-state index contributed by atoms with van der Waals surface area (Å²) in [5.74, 6) is 1.03. The van der Waals surface area contributed by atoms with Crippen LogP contribution in [0.2, 0.25) is 0 Å². The van der Waals surface area contributed by atoms with Crippen LogP contribution < -0.4 is 10.6 Å². The second kappa shape index (κ2) is 13.6. The molecule has 0 heterocycles. The van der Waals surface area contributed by atoms with Crippen LogP contribution in [-0.4, -0.2) is 29.9 Å². The van der Waals surface area contributed by atoms with E-state index in [2.05, 4.69) is 79.9 Å². The second-order valence-corrected chi connectivity index (χ2v) is 14.3. The Kier molecular flexibility index (Phi) is 10.8. The molecular weight excluding hydrogens is 520 g/mol. The van der Waals surface area contributed by atoms with E-state index in [0.29, 0.717) is 64.2 Å². The van der Waals surface area contributed by atoms with Crippen LogP contribution >= 0.6 is 0 Å². The monoisotopic (exact) mass is 574 g/mol. The molecule has 0 bridgehead atoms. The highest BCUT2D eigenvalue weighted by atomic mass is 16.1. The minimum atomic E-state index is -0.128. The number of carbonyl (C=O) groups is 3. The second-order valence-electron chi connectivity index (χ2n) is 14.3. The van der Waals surface area contributed by atoms with E-state index in [0.717, 1.165) is 25.7 Å². The number of nitrogens with one attached hydrogen (secondary N) is 2. The molecule has 0 radical (unpaired) electrons. The van der Waals surface area contributed by atoms with E-state index in [4.69, 9.17) is 0 Å². The van der Waals surface area contributed by atoms with Crippen LogP contribution in [0.15, 0.2) is 36.4 Å². The summed E-state index contributed by atoms with van der Waals surface area (Å²) in [5.41, 5.74) is 3.19. The molecule has 0 saturated heterocycles. The largest absolute Gasteiger partial charge is 0.384 e. The van der Waals surface area contributed by atoms with Crippen LogP contribution in [0.1, 0.15) is 133 Å². The number of benzene rings is 2. The lowest BCUT2D eigenvalue weighted by molar-refractivity contribution is -0.129. The van der Waals surface area contributed by atoms with Gasteiger partial charge in [-0.1, -0.05) is 86.6 Å². The summed E-state index contributed by atoms with van der Waals surface area (Å²) in [4.78, 5) is 41.0. The van der Waals surface area contributed by atoms with Gasteiger partial charge in [-0.2, -0.15) is 0 Å². The maximum atomic E-state index is 13.7. The van der Waals surface area contributed by atoms with Gasteiger partial charge in [0.1, 0.15) is 5.78 Å².